The third-order valence-electron chi connectivity index (χ3n) is 5.56. The van der Waals surface area contributed by atoms with Crippen LogP contribution in [-0.2, 0) is 9.53 Å². The summed E-state index contributed by atoms with van der Waals surface area (Å²) in [6, 6.07) is 8.04. The number of Topliss-reactive ketones (excluding diaryl/α,β-unsaturated/α-hetero) is 1. The van der Waals surface area contributed by atoms with Gasteiger partial charge in [-0.05, 0) is 37.6 Å². The van der Waals surface area contributed by atoms with Crippen molar-refractivity contribution in [3.8, 4) is 11.5 Å². The minimum Gasteiger partial charge on any atom is -0.493 e. The molecule has 10 heteroatoms. The van der Waals surface area contributed by atoms with Crippen LogP contribution in [0.2, 0.25) is 5.02 Å². The molecule has 2 aromatic carbocycles. The van der Waals surface area contributed by atoms with E-state index >= 15 is 0 Å². The first kappa shape index (κ1) is 23.2. The Kier molecular flexibility index (Phi) is 6.92. The van der Waals surface area contributed by atoms with Gasteiger partial charge in [0.2, 0.25) is 5.78 Å². The van der Waals surface area contributed by atoms with Crippen LogP contribution in [0.1, 0.15) is 12.8 Å². The Morgan fingerprint density at radius 3 is 2.85 bits per heavy atom. The summed E-state index contributed by atoms with van der Waals surface area (Å²) in [6.07, 6.45) is 2.69. The first-order valence-electron chi connectivity index (χ1n) is 10.4. The summed E-state index contributed by atoms with van der Waals surface area (Å²) in [6.45, 7) is 1.11. The molecule has 1 saturated heterocycles. The number of benzene rings is 2. The normalized spacial score (nSPS) is 18.2. The highest BCUT2D eigenvalue weighted by Gasteiger charge is 2.42. The Morgan fingerprint density at radius 2 is 2.12 bits per heavy atom. The molecule has 1 fully saturated rings. The molecule has 174 valence electrons. The van der Waals surface area contributed by atoms with Crippen LogP contribution in [0.5, 0.6) is 11.5 Å². The summed E-state index contributed by atoms with van der Waals surface area (Å²) in [5.41, 5.74) is -0.365. The number of ether oxygens (including phenoxy) is 3. The standard InChI is InChI=1S/C23H24ClFN4O4/c1-31-11-20(30)23(7-4-8-26-12-23)33-19-10-17-14(9-18(19)32-2)22(28-13-27-17)29-16-6-3-5-15(24)21(16)25/h3,5-6,9-10,13,26H,4,7-8,11-12H2,1-2H3,(H,27,28,29)/t23-/m0/s1. The molecular formula is C23H24ClFN4O4. The Labute approximate surface area is 195 Å². The summed E-state index contributed by atoms with van der Waals surface area (Å²) in [4.78, 5) is 21.5. The van der Waals surface area contributed by atoms with E-state index in [2.05, 4.69) is 20.6 Å². The van der Waals surface area contributed by atoms with Crippen molar-refractivity contribution in [2.75, 3.05) is 39.2 Å². The van der Waals surface area contributed by atoms with Gasteiger partial charge in [0.05, 0.1) is 23.3 Å². The lowest BCUT2D eigenvalue weighted by Gasteiger charge is -2.36. The number of nitrogens with one attached hydrogen (secondary N) is 2. The maximum atomic E-state index is 14.4. The molecule has 0 radical (unpaired) electrons. The van der Waals surface area contributed by atoms with Crippen molar-refractivity contribution in [3.63, 3.8) is 0 Å². The highest BCUT2D eigenvalue weighted by Crippen LogP contribution is 2.38. The van der Waals surface area contributed by atoms with Gasteiger partial charge in [-0.2, -0.15) is 0 Å². The Balaban J connectivity index is 1.73. The minimum atomic E-state index is -1.08. The molecule has 0 spiro atoms. The van der Waals surface area contributed by atoms with Crippen LogP contribution in [0.15, 0.2) is 36.7 Å². The second kappa shape index (κ2) is 9.86. The highest BCUT2D eigenvalue weighted by molar-refractivity contribution is 6.31. The van der Waals surface area contributed by atoms with Crippen LogP contribution in [0, 0.1) is 5.82 Å². The van der Waals surface area contributed by atoms with Crippen LogP contribution in [-0.4, -0.2) is 55.3 Å². The minimum absolute atomic E-state index is 0.00116. The quantitative estimate of drug-likeness (QED) is 0.507. The van der Waals surface area contributed by atoms with Gasteiger partial charge in [-0.3, -0.25) is 4.79 Å². The number of methoxy groups -OCH3 is 2. The first-order chi connectivity index (χ1) is 16.0. The molecule has 2 N–H and O–H groups in total. The topological polar surface area (TPSA) is 94.6 Å². The van der Waals surface area contributed by atoms with E-state index in [1.807, 2.05) is 0 Å². The number of carbonyl (C=O) groups excluding carboxylic acids is 1. The predicted octanol–water partition coefficient (Wildman–Crippen LogP) is 3.89. The number of hydrogen-bond acceptors (Lipinski definition) is 8. The smallest absolute Gasteiger partial charge is 0.203 e. The van der Waals surface area contributed by atoms with E-state index in [1.165, 1.54) is 26.6 Å². The second-order valence-electron chi connectivity index (χ2n) is 7.70. The van der Waals surface area contributed by atoms with Gasteiger partial charge in [0.15, 0.2) is 22.9 Å². The van der Waals surface area contributed by atoms with Crippen LogP contribution in [0.4, 0.5) is 15.9 Å². The zero-order valence-electron chi connectivity index (χ0n) is 18.3. The fourth-order valence-corrected chi connectivity index (χ4v) is 4.04. The Hall–Kier alpha value is -3.01. The third-order valence-corrected chi connectivity index (χ3v) is 5.85. The lowest BCUT2D eigenvalue weighted by atomic mass is 9.89. The molecule has 1 aromatic heterocycles. The first-order valence-corrected chi connectivity index (χ1v) is 10.8. The van der Waals surface area contributed by atoms with Crippen molar-refractivity contribution in [3.05, 3.63) is 47.5 Å². The number of nitrogens with zero attached hydrogens (tertiary/aromatic N) is 2. The van der Waals surface area contributed by atoms with Gasteiger partial charge < -0.3 is 24.8 Å². The molecule has 1 aliphatic rings. The summed E-state index contributed by atoms with van der Waals surface area (Å²) < 4.78 is 31.4. The highest BCUT2D eigenvalue weighted by atomic mass is 35.5. The van der Waals surface area contributed by atoms with Crippen LogP contribution < -0.4 is 20.1 Å². The van der Waals surface area contributed by atoms with Crippen molar-refractivity contribution in [2.24, 2.45) is 0 Å². The van der Waals surface area contributed by atoms with Crippen molar-refractivity contribution >= 4 is 39.8 Å². The average molecular weight is 475 g/mol. The maximum absolute atomic E-state index is 14.4. The maximum Gasteiger partial charge on any atom is 0.203 e. The largest absolute Gasteiger partial charge is 0.493 e. The summed E-state index contributed by atoms with van der Waals surface area (Å²) >= 11 is 5.89. The average Bonchev–Trinajstić information content (AvgIpc) is 2.82. The van der Waals surface area contributed by atoms with E-state index in [0.717, 1.165) is 13.0 Å². The third kappa shape index (κ3) is 4.71. The van der Waals surface area contributed by atoms with Crippen molar-refractivity contribution in [1.82, 2.24) is 15.3 Å². The van der Waals surface area contributed by atoms with Gasteiger partial charge in [0, 0.05) is 25.1 Å². The number of halogens is 2. The lowest BCUT2D eigenvalue weighted by molar-refractivity contribution is -0.140. The molecule has 8 nitrogen and oxygen atoms in total. The molecule has 4 rings (SSSR count). The Bertz CT molecular complexity index is 1170. The van der Waals surface area contributed by atoms with E-state index in [4.69, 9.17) is 25.8 Å². The van der Waals surface area contributed by atoms with E-state index in [1.54, 1.807) is 24.3 Å². The molecule has 2 heterocycles. The van der Waals surface area contributed by atoms with Gasteiger partial charge in [-0.15, -0.1) is 0 Å². The van der Waals surface area contributed by atoms with Gasteiger partial charge in [0.25, 0.3) is 0 Å². The fraction of sp³-hybridized carbons (Fsp3) is 0.348. The van der Waals surface area contributed by atoms with Gasteiger partial charge in [-0.1, -0.05) is 17.7 Å². The predicted molar refractivity (Wildman–Crippen MR) is 123 cm³/mol. The molecule has 1 aliphatic heterocycles. The van der Waals surface area contributed by atoms with E-state index in [-0.39, 0.29) is 23.1 Å². The second-order valence-corrected chi connectivity index (χ2v) is 8.11. The van der Waals surface area contributed by atoms with Crippen molar-refractivity contribution in [1.29, 1.82) is 0 Å². The van der Waals surface area contributed by atoms with Crippen LogP contribution in [0.3, 0.4) is 0 Å². The molecule has 0 aliphatic carbocycles. The number of fused-ring (bicyclic) bond motifs is 1. The van der Waals surface area contributed by atoms with Gasteiger partial charge >= 0.3 is 0 Å². The van der Waals surface area contributed by atoms with E-state index in [9.17, 15) is 9.18 Å². The lowest BCUT2D eigenvalue weighted by Crippen LogP contribution is -2.56. The number of rotatable bonds is 8. The monoisotopic (exact) mass is 474 g/mol. The van der Waals surface area contributed by atoms with E-state index in [0.29, 0.717) is 41.2 Å². The zero-order valence-corrected chi connectivity index (χ0v) is 19.0. The SMILES string of the molecule is COCC(=O)[C@]1(Oc2cc3ncnc(Nc4cccc(Cl)c4F)c3cc2OC)CCCNC1. The molecule has 33 heavy (non-hydrogen) atoms. The van der Waals surface area contributed by atoms with E-state index < -0.39 is 11.4 Å². The summed E-state index contributed by atoms with van der Waals surface area (Å²) in [7, 11) is 2.98. The molecule has 3 aromatic rings. The molecule has 1 atom stereocenters. The number of aromatic nitrogens is 2. The molecule has 0 bridgehead atoms. The molecular weight excluding hydrogens is 451 g/mol. The zero-order chi connectivity index (χ0) is 23.4. The number of anilines is 2. The Morgan fingerprint density at radius 1 is 1.27 bits per heavy atom. The summed E-state index contributed by atoms with van der Waals surface area (Å²) in [5, 5.41) is 6.78. The van der Waals surface area contributed by atoms with Crippen LogP contribution in [0.25, 0.3) is 10.9 Å². The van der Waals surface area contributed by atoms with Crippen LogP contribution >= 0.6 is 11.6 Å². The number of piperidine rings is 1. The van der Waals surface area contributed by atoms with Crippen molar-refractivity contribution < 1.29 is 23.4 Å². The molecule has 0 unspecified atom stereocenters. The number of ketones is 1. The summed E-state index contributed by atoms with van der Waals surface area (Å²) in [5.74, 6) is 0.399. The molecule has 0 amide bonds. The van der Waals surface area contributed by atoms with Gasteiger partial charge in [-0.25, -0.2) is 14.4 Å². The number of carbonyl (C=O) groups is 1. The number of hydrogen-bond donors (Lipinski definition) is 2. The van der Waals surface area contributed by atoms with Gasteiger partial charge in [0.1, 0.15) is 18.8 Å². The fourth-order valence-electron chi connectivity index (χ4n) is 3.86. The molecule has 0 saturated carbocycles. The van der Waals surface area contributed by atoms with Crippen molar-refractivity contribution in [2.45, 2.75) is 18.4 Å².